The van der Waals surface area contributed by atoms with E-state index >= 15 is 0 Å². The highest BCUT2D eigenvalue weighted by Gasteiger charge is 2.04. The highest BCUT2D eigenvalue weighted by atomic mass is 15.0. The van der Waals surface area contributed by atoms with Gasteiger partial charge in [0.25, 0.3) is 0 Å². The number of aliphatic imine (C=N–C) groups is 1. The third-order valence-electron chi connectivity index (χ3n) is 2.12. The molecule has 3 heteroatoms. The van der Waals surface area contributed by atoms with Crippen molar-refractivity contribution in [2.75, 3.05) is 6.54 Å². The fourth-order valence-electron chi connectivity index (χ4n) is 1.39. The molecule has 0 radical (unpaired) electrons. The Morgan fingerprint density at radius 1 is 1.31 bits per heavy atom. The maximum atomic E-state index is 4.34. The second kappa shape index (κ2) is 4.03. The van der Waals surface area contributed by atoms with Gasteiger partial charge in [0, 0.05) is 31.9 Å². The summed E-state index contributed by atoms with van der Waals surface area (Å²) in [6.07, 6.45) is 5.92. The van der Waals surface area contributed by atoms with Gasteiger partial charge < -0.3 is 5.32 Å². The Bertz CT molecular complexity index is 292. The van der Waals surface area contributed by atoms with Crippen molar-refractivity contribution in [2.45, 2.75) is 19.4 Å². The highest BCUT2D eigenvalue weighted by molar-refractivity contribution is 5.83. The topological polar surface area (TPSA) is 37.3 Å². The van der Waals surface area contributed by atoms with Crippen LogP contribution in [0.15, 0.2) is 29.5 Å². The van der Waals surface area contributed by atoms with E-state index in [4.69, 9.17) is 0 Å². The van der Waals surface area contributed by atoms with E-state index in [0.717, 1.165) is 25.3 Å². The highest BCUT2D eigenvalue weighted by Crippen LogP contribution is 2.02. The minimum atomic E-state index is 0.862. The minimum absolute atomic E-state index is 0.862. The molecule has 1 aromatic heterocycles. The molecule has 0 bridgehead atoms. The Morgan fingerprint density at radius 2 is 2.15 bits per heavy atom. The lowest BCUT2D eigenvalue weighted by Gasteiger charge is -2.04. The largest absolute Gasteiger partial charge is 0.370 e. The van der Waals surface area contributed by atoms with Gasteiger partial charge in [-0.3, -0.25) is 9.98 Å². The second-order valence-electron chi connectivity index (χ2n) is 3.14. The first-order valence-corrected chi connectivity index (χ1v) is 4.61. The van der Waals surface area contributed by atoms with Crippen molar-refractivity contribution < 1.29 is 0 Å². The van der Waals surface area contributed by atoms with Gasteiger partial charge in [0.05, 0.1) is 5.84 Å². The Balaban J connectivity index is 1.86. The van der Waals surface area contributed by atoms with Crippen LogP contribution in [0.1, 0.15) is 18.4 Å². The van der Waals surface area contributed by atoms with Crippen LogP contribution in [0.25, 0.3) is 0 Å². The number of nitrogens with zero attached hydrogens (tertiary/aromatic N) is 2. The number of pyridine rings is 1. The van der Waals surface area contributed by atoms with Crippen LogP contribution in [0.4, 0.5) is 0 Å². The summed E-state index contributed by atoms with van der Waals surface area (Å²) in [7, 11) is 0. The first-order chi connectivity index (χ1) is 6.45. The zero-order chi connectivity index (χ0) is 8.93. The summed E-state index contributed by atoms with van der Waals surface area (Å²) >= 11 is 0. The van der Waals surface area contributed by atoms with E-state index in [-0.39, 0.29) is 0 Å². The molecule has 1 N–H and O–H groups in total. The molecule has 0 atom stereocenters. The molecule has 0 aromatic carbocycles. The van der Waals surface area contributed by atoms with Crippen LogP contribution < -0.4 is 5.32 Å². The molecule has 1 aliphatic heterocycles. The predicted molar refractivity (Wildman–Crippen MR) is 52.6 cm³/mol. The van der Waals surface area contributed by atoms with Crippen molar-refractivity contribution in [3.63, 3.8) is 0 Å². The zero-order valence-electron chi connectivity index (χ0n) is 7.53. The van der Waals surface area contributed by atoms with E-state index in [1.165, 1.54) is 12.0 Å². The van der Waals surface area contributed by atoms with Gasteiger partial charge in [0.2, 0.25) is 0 Å². The van der Waals surface area contributed by atoms with Gasteiger partial charge >= 0.3 is 0 Å². The van der Waals surface area contributed by atoms with Crippen LogP contribution in [-0.2, 0) is 6.54 Å². The molecule has 0 amide bonds. The van der Waals surface area contributed by atoms with E-state index in [9.17, 15) is 0 Å². The van der Waals surface area contributed by atoms with Crippen LogP contribution in [0.3, 0.4) is 0 Å². The lowest BCUT2D eigenvalue weighted by atomic mass is 10.2. The molecule has 0 aliphatic carbocycles. The SMILES string of the molecule is c1cc(CNC2=NCCC2)ccn1. The molecule has 13 heavy (non-hydrogen) atoms. The Kier molecular flexibility index (Phi) is 2.55. The zero-order valence-corrected chi connectivity index (χ0v) is 7.53. The first-order valence-electron chi connectivity index (χ1n) is 4.61. The fraction of sp³-hybridized carbons (Fsp3) is 0.400. The number of rotatable bonds is 2. The second-order valence-corrected chi connectivity index (χ2v) is 3.14. The van der Waals surface area contributed by atoms with Crippen LogP contribution in [0.2, 0.25) is 0 Å². The van der Waals surface area contributed by atoms with Gasteiger partial charge in [-0.05, 0) is 24.1 Å². The molecule has 0 spiro atoms. The molecule has 0 saturated heterocycles. The summed E-state index contributed by atoms with van der Waals surface area (Å²) in [5.41, 5.74) is 1.25. The van der Waals surface area contributed by atoms with E-state index in [1.807, 2.05) is 24.5 Å². The summed E-state index contributed by atoms with van der Waals surface area (Å²) in [5, 5.41) is 3.32. The molecule has 2 heterocycles. The van der Waals surface area contributed by atoms with Gasteiger partial charge in [0.1, 0.15) is 0 Å². The molecule has 0 saturated carbocycles. The average Bonchev–Trinajstić information content (AvgIpc) is 2.69. The molecular formula is C10H13N3. The van der Waals surface area contributed by atoms with Crippen LogP contribution >= 0.6 is 0 Å². The quantitative estimate of drug-likeness (QED) is 0.737. The van der Waals surface area contributed by atoms with E-state index in [1.54, 1.807) is 0 Å². The first kappa shape index (κ1) is 8.23. The number of aromatic nitrogens is 1. The average molecular weight is 175 g/mol. The molecule has 68 valence electrons. The van der Waals surface area contributed by atoms with Crippen molar-refractivity contribution in [1.82, 2.24) is 10.3 Å². The summed E-state index contributed by atoms with van der Waals surface area (Å²) in [6, 6.07) is 4.03. The predicted octanol–water partition coefficient (Wildman–Crippen LogP) is 1.36. The van der Waals surface area contributed by atoms with Crippen molar-refractivity contribution >= 4 is 5.84 Å². The molecule has 0 fully saturated rings. The molecule has 0 unspecified atom stereocenters. The van der Waals surface area contributed by atoms with Gasteiger partial charge in [-0.15, -0.1) is 0 Å². The molecule has 2 rings (SSSR count). The lowest BCUT2D eigenvalue weighted by Crippen LogP contribution is -2.20. The van der Waals surface area contributed by atoms with E-state index in [0.29, 0.717) is 0 Å². The van der Waals surface area contributed by atoms with E-state index in [2.05, 4.69) is 15.3 Å². The summed E-state index contributed by atoms with van der Waals surface area (Å²) in [5.74, 6) is 1.15. The molecular weight excluding hydrogens is 162 g/mol. The molecule has 1 aliphatic rings. The smallest absolute Gasteiger partial charge is 0.0966 e. The fourth-order valence-corrected chi connectivity index (χ4v) is 1.39. The number of nitrogens with one attached hydrogen (secondary N) is 1. The van der Waals surface area contributed by atoms with Crippen molar-refractivity contribution in [1.29, 1.82) is 0 Å². The standard InChI is InChI=1S/C10H13N3/c1-2-10(12-5-1)13-8-9-3-6-11-7-4-9/h3-4,6-7H,1-2,5,8H2,(H,12,13). The number of hydrogen-bond donors (Lipinski definition) is 1. The summed E-state index contributed by atoms with van der Waals surface area (Å²) in [4.78, 5) is 8.31. The monoisotopic (exact) mass is 175 g/mol. The third-order valence-corrected chi connectivity index (χ3v) is 2.12. The van der Waals surface area contributed by atoms with Crippen LogP contribution in [0, 0.1) is 0 Å². The Hall–Kier alpha value is -1.38. The van der Waals surface area contributed by atoms with Gasteiger partial charge in [-0.1, -0.05) is 0 Å². The van der Waals surface area contributed by atoms with E-state index < -0.39 is 0 Å². The molecule has 3 nitrogen and oxygen atoms in total. The number of amidine groups is 1. The van der Waals surface area contributed by atoms with Gasteiger partial charge in [-0.2, -0.15) is 0 Å². The Labute approximate surface area is 77.9 Å². The normalized spacial score (nSPS) is 15.5. The lowest BCUT2D eigenvalue weighted by molar-refractivity contribution is 0.886. The van der Waals surface area contributed by atoms with Gasteiger partial charge in [0.15, 0.2) is 0 Å². The van der Waals surface area contributed by atoms with Crippen molar-refractivity contribution in [2.24, 2.45) is 4.99 Å². The minimum Gasteiger partial charge on any atom is -0.370 e. The van der Waals surface area contributed by atoms with Crippen molar-refractivity contribution in [3.05, 3.63) is 30.1 Å². The molecule has 1 aromatic rings. The van der Waals surface area contributed by atoms with Crippen LogP contribution in [-0.4, -0.2) is 17.4 Å². The maximum Gasteiger partial charge on any atom is 0.0966 e. The van der Waals surface area contributed by atoms with Gasteiger partial charge in [-0.25, -0.2) is 0 Å². The van der Waals surface area contributed by atoms with Crippen LogP contribution in [0.5, 0.6) is 0 Å². The summed E-state index contributed by atoms with van der Waals surface area (Å²) in [6.45, 7) is 1.85. The third kappa shape index (κ3) is 2.28. The number of hydrogen-bond acceptors (Lipinski definition) is 3. The maximum absolute atomic E-state index is 4.34. The Morgan fingerprint density at radius 3 is 2.85 bits per heavy atom. The summed E-state index contributed by atoms with van der Waals surface area (Å²) < 4.78 is 0. The van der Waals surface area contributed by atoms with Crippen molar-refractivity contribution in [3.8, 4) is 0 Å².